The Labute approximate surface area is 162 Å². The fraction of sp³-hybridized carbons (Fsp3) is 0.529. The van der Waals surface area contributed by atoms with E-state index >= 15 is 0 Å². The van der Waals surface area contributed by atoms with Crippen molar-refractivity contribution in [3.8, 4) is 5.75 Å². The minimum atomic E-state index is -0.0232. The van der Waals surface area contributed by atoms with Gasteiger partial charge in [-0.05, 0) is 25.5 Å². The molecular weight excluding hydrogens is 419 g/mol. The Morgan fingerprint density at radius 2 is 1.92 bits per heavy atom. The molecule has 0 spiro atoms. The molecule has 0 radical (unpaired) electrons. The van der Waals surface area contributed by atoms with Crippen molar-refractivity contribution in [2.45, 2.75) is 13.8 Å². The number of carbonyl (C=O) groups is 1. The molecule has 1 rings (SSSR count). The number of hydrogen-bond acceptors (Lipinski definition) is 3. The van der Waals surface area contributed by atoms with Crippen LogP contribution >= 0.6 is 24.0 Å². The molecule has 0 bridgehead atoms. The molecule has 1 aromatic rings. The van der Waals surface area contributed by atoms with Gasteiger partial charge in [-0.15, -0.1) is 24.0 Å². The Morgan fingerprint density at radius 1 is 1.25 bits per heavy atom. The van der Waals surface area contributed by atoms with Gasteiger partial charge in [0, 0.05) is 27.7 Å². The number of carbonyl (C=O) groups excluding carboxylic acids is 1. The zero-order valence-corrected chi connectivity index (χ0v) is 17.5. The standard InChI is InChI=1S/C17H28N4O2.HI/c1-6-18-17(19-13-16(22)20(3)4)21(5)11-12-23-15-10-8-7-9-14(15)2;/h7-10H,6,11-13H2,1-5H3,(H,18,19);1H. The average molecular weight is 448 g/mol. The Bertz CT molecular complexity index is 535. The van der Waals surface area contributed by atoms with Gasteiger partial charge in [-0.3, -0.25) is 4.79 Å². The highest BCUT2D eigenvalue weighted by Gasteiger charge is 2.08. The minimum Gasteiger partial charge on any atom is -0.491 e. The number of nitrogens with zero attached hydrogens (tertiary/aromatic N) is 3. The van der Waals surface area contributed by atoms with Crippen LogP contribution in [-0.4, -0.2) is 69.1 Å². The molecule has 0 heterocycles. The predicted octanol–water partition coefficient (Wildman–Crippen LogP) is 1.98. The number of nitrogens with one attached hydrogen (secondary N) is 1. The summed E-state index contributed by atoms with van der Waals surface area (Å²) >= 11 is 0. The first-order chi connectivity index (χ1) is 11.0. The van der Waals surface area contributed by atoms with E-state index in [0.717, 1.165) is 17.9 Å². The van der Waals surface area contributed by atoms with Crippen molar-refractivity contribution in [2.24, 2.45) is 4.99 Å². The molecule has 136 valence electrons. The number of ether oxygens (including phenoxy) is 1. The summed E-state index contributed by atoms with van der Waals surface area (Å²) in [6.45, 7) is 6.14. The van der Waals surface area contributed by atoms with Crippen LogP contribution in [-0.2, 0) is 4.79 Å². The van der Waals surface area contributed by atoms with E-state index < -0.39 is 0 Å². The maximum absolute atomic E-state index is 11.7. The van der Waals surface area contributed by atoms with Crippen molar-refractivity contribution in [3.63, 3.8) is 0 Å². The molecule has 0 aliphatic rings. The average Bonchev–Trinajstić information content (AvgIpc) is 2.52. The summed E-state index contributed by atoms with van der Waals surface area (Å²) in [5.41, 5.74) is 1.12. The molecule has 0 aliphatic heterocycles. The van der Waals surface area contributed by atoms with Crippen molar-refractivity contribution in [1.29, 1.82) is 0 Å². The molecule has 24 heavy (non-hydrogen) atoms. The normalized spacial score (nSPS) is 10.6. The third-order valence-corrected chi connectivity index (χ3v) is 3.34. The van der Waals surface area contributed by atoms with Crippen molar-refractivity contribution < 1.29 is 9.53 Å². The zero-order valence-electron chi connectivity index (χ0n) is 15.2. The molecule has 6 nitrogen and oxygen atoms in total. The summed E-state index contributed by atoms with van der Waals surface area (Å²) < 4.78 is 5.80. The number of hydrogen-bond donors (Lipinski definition) is 1. The largest absolute Gasteiger partial charge is 0.491 e. The Kier molecular flexibility index (Phi) is 11.2. The molecule has 0 atom stereocenters. The molecule has 1 amide bonds. The van der Waals surface area contributed by atoms with Crippen LogP contribution in [0.25, 0.3) is 0 Å². The fourth-order valence-corrected chi connectivity index (χ4v) is 1.87. The smallest absolute Gasteiger partial charge is 0.243 e. The highest BCUT2D eigenvalue weighted by Crippen LogP contribution is 2.15. The first-order valence-electron chi connectivity index (χ1n) is 7.83. The third kappa shape index (κ3) is 7.85. The lowest BCUT2D eigenvalue weighted by molar-refractivity contribution is -0.127. The van der Waals surface area contributed by atoms with E-state index in [1.54, 1.807) is 14.1 Å². The van der Waals surface area contributed by atoms with E-state index in [1.165, 1.54) is 4.90 Å². The first-order valence-corrected chi connectivity index (χ1v) is 7.83. The fourth-order valence-electron chi connectivity index (χ4n) is 1.87. The summed E-state index contributed by atoms with van der Waals surface area (Å²) in [6, 6.07) is 7.94. The van der Waals surface area contributed by atoms with Crippen molar-refractivity contribution >= 4 is 35.8 Å². The van der Waals surface area contributed by atoms with Crippen LogP contribution < -0.4 is 10.1 Å². The highest BCUT2D eigenvalue weighted by molar-refractivity contribution is 14.0. The van der Waals surface area contributed by atoms with Crippen LogP contribution in [0, 0.1) is 6.92 Å². The maximum Gasteiger partial charge on any atom is 0.243 e. The van der Waals surface area contributed by atoms with Crippen LogP contribution in [0.3, 0.4) is 0 Å². The SMILES string of the molecule is CCNC(=NCC(=O)N(C)C)N(C)CCOc1ccccc1C.I. The highest BCUT2D eigenvalue weighted by atomic mass is 127. The summed E-state index contributed by atoms with van der Waals surface area (Å²) in [6.07, 6.45) is 0. The van der Waals surface area contributed by atoms with Crippen LogP contribution in [0.5, 0.6) is 5.75 Å². The van der Waals surface area contributed by atoms with Crippen LogP contribution in [0.2, 0.25) is 0 Å². The molecule has 0 aromatic heterocycles. The predicted molar refractivity (Wildman–Crippen MR) is 109 cm³/mol. The number of halogens is 1. The lowest BCUT2D eigenvalue weighted by Gasteiger charge is -2.22. The first kappa shape index (κ1) is 22.5. The molecule has 0 saturated heterocycles. The third-order valence-electron chi connectivity index (χ3n) is 3.34. The minimum absolute atomic E-state index is 0. The number of benzene rings is 1. The second-order valence-corrected chi connectivity index (χ2v) is 5.49. The second kappa shape index (κ2) is 11.9. The maximum atomic E-state index is 11.7. The van der Waals surface area contributed by atoms with Gasteiger partial charge in [0.15, 0.2) is 5.96 Å². The van der Waals surface area contributed by atoms with Crippen molar-refractivity contribution in [2.75, 3.05) is 47.4 Å². The summed E-state index contributed by atoms with van der Waals surface area (Å²) in [7, 11) is 5.39. The van der Waals surface area contributed by atoms with Crippen LogP contribution in [0.1, 0.15) is 12.5 Å². The molecule has 1 N–H and O–H groups in total. The van der Waals surface area contributed by atoms with Gasteiger partial charge >= 0.3 is 0 Å². The van der Waals surface area contributed by atoms with Crippen molar-refractivity contribution in [1.82, 2.24) is 15.1 Å². The van der Waals surface area contributed by atoms with Gasteiger partial charge in [0.2, 0.25) is 5.91 Å². The lowest BCUT2D eigenvalue weighted by Crippen LogP contribution is -2.41. The number of guanidine groups is 1. The molecular formula is C17H29IN4O2. The quantitative estimate of drug-likeness (QED) is 0.394. The van der Waals surface area contributed by atoms with E-state index in [4.69, 9.17) is 4.74 Å². The summed E-state index contributed by atoms with van der Waals surface area (Å²) in [5.74, 6) is 1.58. The number of rotatable bonds is 7. The van der Waals surface area contributed by atoms with E-state index in [1.807, 2.05) is 50.1 Å². The van der Waals surface area contributed by atoms with Gasteiger partial charge in [-0.2, -0.15) is 0 Å². The van der Waals surface area contributed by atoms with Gasteiger partial charge < -0.3 is 19.9 Å². The molecule has 1 aromatic carbocycles. The van der Waals surface area contributed by atoms with Gasteiger partial charge in [-0.1, -0.05) is 18.2 Å². The lowest BCUT2D eigenvalue weighted by atomic mass is 10.2. The molecule has 0 unspecified atom stereocenters. The Morgan fingerprint density at radius 3 is 2.50 bits per heavy atom. The summed E-state index contributed by atoms with van der Waals surface area (Å²) in [4.78, 5) is 19.5. The van der Waals surface area contributed by atoms with E-state index in [9.17, 15) is 4.79 Å². The van der Waals surface area contributed by atoms with E-state index in [2.05, 4.69) is 10.3 Å². The van der Waals surface area contributed by atoms with Gasteiger partial charge in [0.1, 0.15) is 18.9 Å². The van der Waals surface area contributed by atoms with E-state index in [0.29, 0.717) is 19.1 Å². The Balaban J connectivity index is 0.00000529. The van der Waals surface area contributed by atoms with Crippen LogP contribution in [0.15, 0.2) is 29.3 Å². The van der Waals surface area contributed by atoms with E-state index in [-0.39, 0.29) is 36.4 Å². The number of likely N-dealkylation sites (N-methyl/N-ethyl adjacent to an activating group) is 2. The second-order valence-electron chi connectivity index (χ2n) is 5.49. The van der Waals surface area contributed by atoms with Gasteiger partial charge in [0.25, 0.3) is 0 Å². The monoisotopic (exact) mass is 448 g/mol. The number of aryl methyl sites for hydroxylation is 1. The summed E-state index contributed by atoms with van der Waals surface area (Å²) in [5, 5.41) is 3.19. The topological polar surface area (TPSA) is 57.2 Å². The molecule has 0 fully saturated rings. The molecule has 0 saturated carbocycles. The number of aliphatic imine (C=N–C) groups is 1. The van der Waals surface area contributed by atoms with Crippen LogP contribution in [0.4, 0.5) is 0 Å². The van der Waals surface area contributed by atoms with Gasteiger partial charge in [0.05, 0.1) is 6.54 Å². The van der Waals surface area contributed by atoms with Gasteiger partial charge in [-0.25, -0.2) is 4.99 Å². The molecule has 0 aliphatic carbocycles. The molecule has 7 heteroatoms. The zero-order chi connectivity index (χ0) is 17.2. The number of amides is 1. The number of para-hydroxylation sites is 1. The van der Waals surface area contributed by atoms with Crippen molar-refractivity contribution in [3.05, 3.63) is 29.8 Å². The Hall–Kier alpha value is -1.51.